The molecule has 29 heavy (non-hydrogen) atoms. The highest BCUT2D eigenvalue weighted by Gasteiger charge is 2.26. The van der Waals surface area contributed by atoms with Crippen molar-refractivity contribution >= 4 is 11.4 Å². The minimum Gasteiger partial charge on any atom is -0.318 e. The van der Waals surface area contributed by atoms with Crippen molar-refractivity contribution in [2.75, 3.05) is 33.3 Å². The predicted molar refractivity (Wildman–Crippen MR) is 115 cm³/mol. The number of likely N-dealkylation sites (N-methyl/N-ethyl adjacent to an activating group) is 1. The zero-order valence-corrected chi connectivity index (χ0v) is 17.0. The molecule has 0 N–H and O–H groups in total. The summed E-state index contributed by atoms with van der Waals surface area (Å²) in [5, 5.41) is 1.79. The molecule has 2 aromatic rings. The van der Waals surface area contributed by atoms with Crippen molar-refractivity contribution in [1.82, 2.24) is 14.5 Å². The molecule has 3 rings (SSSR count). The summed E-state index contributed by atoms with van der Waals surface area (Å²) in [4.78, 5) is 32.3. The number of nitrogens with zero attached hydrogens (tertiary/aromatic N) is 3. The van der Waals surface area contributed by atoms with E-state index < -0.39 is 0 Å². The number of aryl methyl sites for hydroxylation is 1. The molecule has 1 aromatic heterocycles. The van der Waals surface area contributed by atoms with Crippen molar-refractivity contribution in [3.63, 3.8) is 0 Å². The van der Waals surface area contributed by atoms with Crippen LogP contribution in [-0.4, -0.2) is 59.6 Å². The SMILES string of the molecule is C=CCON(C)C1C=C(c2ccc(=O)n(C)c2)CN(CC(=O)c2ccccc2)C1. The Bertz CT molecular complexity index is 949. The number of Topliss-reactive ketones (excluding diaryl/α,β-unsaturated/α-hetero) is 1. The van der Waals surface area contributed by atoms with E-state index in [0.717, 1.165) is 11.1 Å². The molecular weight excluding hydrogens is 366 g/mol. The third kappa shape index (κ3) is 5.38. The molecule has 0 spiro atoms. The van der Waals surface area contributed by atoms with Gasteiger partial charge in [0.1, 0.15) is 0 Å². The molecule has 2 heterocycles. The van der Waals surface area contributed by atoms with Gasteiger partial charge in [-0.25, -0.2) is 0 Å². The van der Waals surface area contributed by atoms with E-state index in [2.05, 4.69) is 17.6 Å². The van der Waals surface area contributed by atoms with Gasteiger partial charge in [-0.15, -0.1) is 6.58 Å². The summed E-state index contributed by atoms with van der Waals surface area (Å²) in [5.41, 5.74) is 2.68. The summed E-state index contributed by atoms with van der Waals surface area (Å²) in [6.07, 6.45) is 5.68. The molecule has 6 heteroatoms. The molecule has 6 nitrogen and oxygen atoms in total. The van der Waals surface area contributed by atoms with Gasteiger partial charge in [-0.05, 0) is 17.2 Å². The van der Waals surface area contributed by atoms with Gasteiger partial charge in [0.15, 0.2) is 5.78 Å². The zero-order valence-electron chi connectivity index (χ0n) is 17.0. The van der Waals surface area contributed by atoms with E-state index >= 15 is 0 Å². The van der Waals surface area contributed by atoms with E-state index in [-0.39, 0.29) is 17.4 Å². The Hall–Kier alpha value is -2.80. The first-order valence-electron chi connectivity index (χ1n) is 9.63. The largest absolute Gasteiger partial charge is 0.318 e. The molecule has 0 aliphatic carbocycles. The minimum absolute atomic E-state index is 0.0282. The predicted octanol–water partition coefficient (Wildman–Crippen LogP) is 2.39. The number of benzene rings is 1. The molecule has 152 valence electrons. The molecule has 0 radical (unpaired) electrons. The van der Waals surface area contributed by atoms with Crippen LogP contribution in [0.3, 0.4) is 0 Å². The van der Waals surface area contributed by atoms with Gasteiger partial charge in [-0.2, -0.15) is 5.06 Å². The van der Waals surface area contributed by atoms with Gasteiger partial charge in [0, 0.05) is 45.0 Å². The van der Waals surface area contributed by atoms with Crippen LogP contribution in [0, 0.1) is 0 Å². The summed E-state index contributed by atoms with van der Waals surface area (Å²) in [7, 11) is 3.62. The normalized spacial score (nSPS) is 17.2. The first kappa shape index (κ1) is 20.9. The maximum atomic E-state index is 12.7. The number of rotatable bonds is 8. The molecule has 1 aliphatic heterocycles. The maximum Gasteiger partial charge on any atom is 0.250 e. The Kier molecular flexibility index (Phi) is 6.93. The van der Waals surface area contributed by atoms with Crippen LogP contribution in [0.5, 0.6) is 0 Å². The average Bonchev–Trinajstić information content (AvgIpc) is 2.74. The van der Waals surface area contributed by atoms with Gasteiger partial charge in [-0.3, -0.25) is 19.3 Å². The average molecular weight is 393 g/mol. The van der Waals surface area contributed by atoms with Crippen LogP contribution in [0.25, 0.3) is 5.57 Å². The van der Waals surface area contributed by atoms with Crippen LogP contribution in [-0.2, 0) is 11.9 Å². The van der Waals surface area contributed by atoms with Crippen LogP contribution in [0.1, 0.15) is 15.9 Å². The van der Waals surface area contributed by atoms with Crippen molar-refractivity contribution in [2.45, 2.75) is 6.04 Å². The Morgan fingerprint density at radius 2 is 2.03 bits per heavy atom. The van der Waals surface area contributed by atoms with E-state index in [0.29, 0.717) is 31.8 Å². The van der Waals surface area contributed by atoms with E-state index in [4.69, 9.17) is 4.84 Å². The van der Waals surface area contributed by atoms with Crippen LogP contribution in [0.2, 0.25) is 0 Å². The number of aromatic nitrogens is 1. The molecular formula is C23H27N3O3. The number of hydroxylamine groups is 2. The smallest absolute Gasteiger partial charge is 0.250 e. The number of carbonyl (C=O) groups is 1. The Morgan fingerprint density at radius 1 is 1.28 bits per heavy atom. The van der Waals surface area contributed by atoms with Crippen molar-refractivity contribution in [2.24, 2.45) is 7.05 Å². The Balaban J connectivity index is 1.84. The first-order valence-corrected chi connectivity index (χ1v) is 9.63. The molecule has 0 amide bonds. The Labute approximate surface area is 171 Å². The fourth-order valence-corrected chi connectivity index (χ4v) is 3.40. The van der Waals surface area contributed by atoms with Gasteiger partial charge in [0.25, 0.3) is 0 Å². The minimum atomic E-state index is -0.0516. The van der Waals surface area contributed by atoms with Crippen LogP contribution in [0.15, 0.2) is 72.2 Å². The number of pyridine rings is 1. The summed E-state index contributed by atoms with van der Waals surface area (Å²) >= 11 is 0. The molecule has 1 aliphatic rings. The molecule has 1 aromatic carbocycles. The van der Waals surface area contributed by atoms with E-state index in [9.17, 15) is 9.59 Å². The van der Waals surface area contributed by atoms with Crippen molar-refractivity contribution in [1.29, 1.82) is 0 Å². The van der Waals surface area contributed by atoms with Gasteiger partial charge in [0.2, 0.25) is 5.56 Å². The van der Waals surface area contributed by atoms with Gasteiger partial charge < -0.3 is 4.57 Å². The fraction of sp³-hybridized carbons (Fsp3) is 0.304. The second kappa shape index (κ2) is 9.60. The zero-order chi connectivity index (χ0) is 20.8. The highest BCUT2D eigenvalue weighted by Crippen LogP contribution is 2.23. The lowest BCUT2D eigenvalue weighted by molar-refractivity contribution is -0.150. The lowest BCUT2D eigenvalue weighted by Gasteiger charge is -2.35. The highest BCUT2D eigenvalue weighted by atomic mass is 16.7. The van der Waals surface area contributed by atoms with Crippen molar-refractivity contribution in [3.8, 4) is 0 Å². The molecule has 0 saturated heterocycles. The number of hydrogen-bond donors (Lipinski definition) is 0. The second-order valence-electron chi connectivity index (χ2n) is 7.22. The maximum absolute atomic E-state index is 12.7. The quantitative estimate of drug-likeness (QED) is 0.392. The first-order chi connectivity index (χ1) is 14.0. The molecule has 1 atom stereocenters. The monoisotopic (exact) mass is 393 g/mol. The Morgan fingerprint density at radius 3 is 2.72 bits per heavy atom. The standard InChI is InChI=1S/C23H27N3O3/c1-4-12-29-25(3)21-13-20(19-10-11-23(28)24(2)14-19)15-26(16-21)17-22(27)18-8-6-5-7-9-18/h4-11,13-14,21H,1,12,15-17H2,2-3H3. The van der Waals surface area contributed by atoms with Crippen LogP contribution in [0.4, 0.5) is 0 Å². The van der Waals surface area contributed by atoms with Gasteiger partial charge in [0.05, 0.1) is 19.2 Å². The van der Waals surface area contributed by atoms with Gasteiger partial charge >= 0.3 is 0 Å². The topological polar surface area (TPSA) is 54.8 Å². The lowest BCUT2D eigenvalue weighted by atomic mass is 9.99. The highest BCUT2D eigenvalue weighted by molar-refractivity contribution is 5.97. The number of carbonyl (C=O) groups excluding carboxylic acids is 1. The summed E-state index contributed by atoms with van der Waals surface area (Å²) in [5.74, 6) is 0.0840. The molecule has 1 unspecified atom stereocenters. The number of ketones is 1. The molecule has 0 saturated carbocycles. The van der Waals surface area contributed by atoms with Crippen molar-refractivity contribution < 1.29 is 9.63 Å². The van der Waals surface area contributed by atoms with E-state index in [1.807, 2.05) is 49.6 Å². The second-order valence-corrected chi connectivity index (χ2v) is 7.22. The van der Waals surface area contributed by atoms with Gasteiger partial charge in [-0.1, -0.05) is 42.5 Å². The third-order valence-electron chi connectivity index (χ3n) is 5.02. The van der Waals surface area contributed by atoms with E-state index in [1.54, 1.807) is 28.8 Å². The summed E-state index contributed by atoms with van der Waals surface area (Å²) in [6, 6.07) is 12.7. The van der Waals surface area contributed by atoms with E-state index in [1.165, 1.54) is 0 Å². The summed E-state index contributed by atoms with van der Waals surface area (Å²) < 4.78 is 1.57. The molecule has 0 bridgehead atoms. The molecule has 0 fully saturated rings. The third-order valence-corrected chi connectivity index (χ3v) is 5.02. The van der Waals surface area contributed by atoms with Crippen LogP contribution < -0.4 is 5.56 Å². The van der Waals surface area contributed by atoms with Crippen molar-refractivity contribution in [3.05, 3.63) is 88.9 Å². The van der Waals surface area contributed by atoms with Crippen LogP contribution >= 0.6 is 0 Å². The fourth-order valence-electron chi connectivity index (χ4n) is 3.40. The summed E-state index contributed by atoms with van der Waals surface area (Å²) in [6.45, 7) is 5.72. The lowest BCUT2D eigenvalue weighted by Crippen LogP contribution is -2.46. The number of hydrogen-bond acceptors (Lipinski definition) is 5.